The lowest BCUT2D eigenvalue weighted by Crippen LogP contribution is -2.60. The van der Waals surface area contributed by atoms with Gasteiger partial charge in [-0.3, -0.25) is 19.7 Å². The topological polar surface area (TPSA) is 160 Å². The number of aryl methyl sites for hydroxylation is 2. The first-order valence-electron chi connectivity index (χ1n) is 22.6. The molecule has 2 fully saturated rings. The predicted octanol–water partition coefficient (Wildman–Crippen LogP) is 8.47. The third-order valence-corrected chi connectivity index (χ3v) is 16.4. The third-order valence-electron chi connectivity index (χ3n) is 16.4. The molecule has 6 N–H and O–H groups in total. The molecule has 0 saturated heterocycles. The van der Waals surface area contributed by atoms with E-state index < -0.39 is 40.9 Å². The summed E-state index contributed by atoms with van der Waals surface area (Å²) in [5.41, 5.74) is 14.7. The Morgan fingerprint density at radius 3 is 1.82 bits per heavy atom. The first-order chi connectivity index (χ1) is 29.7. The van der Waals surface area contributed by atoms with Crippen LogP contribution in [0, 0.1) is 22.7 Å². The monoisotopic (exact) mass is 836 g/mol. The molecular formula is C52H60N4O6. The Morgan fingerprint density at radius 2 is 1.26 bits per heavy atom. The van der Waals surface area contributed by atoms with E-state index in [1.807, 2.05) is 67.6 Å². The number of carbonyl (C=O) groups is 4. The molecule has 2 saturated carbocycles. The van der Waals surface area contributed by atoms with Crippen LogP contribution in [0.25, 0.3) is 11.1 Å². The number of nitrogens with two attached hydrogens (primary N) is 1. The molecule has 0 radical (unpaired) electrons. The summed E-state index contributed by atoms with van der Waals surface area (Å²) in [5, 5.41) is 18.8. The molecule has 10 nitrogen and oxygen atoms in total. The molecule has 5 aliphatic carbocycles. The third kappa shape index (κ3) is 6.80. The Bertz CT molecular complexity index is 2420. The van der Waals surface area contributed by atoms with Crippen molar-refractivity contribution in [3.63, 3.8) is 0 Å². The van der Waals surface area contributed by atoms with Crippen molar-refractivity contribution in [3.05, 3.63) is 118 Å². The van der Waals surface area contributed by atoms with Gasteiger partial charge in [-0.05, 0) is 143 Å². The van der Waals surface area contributed by atoms with Crippen LogP contribution in [0.1, 0.15) is 118 Å². The van der Waals surface area contributed by atoms with Crippen molar-refractivity contribution in [2.24, 2.45) is 22.7 Å². The molecule has 9 rings (SSSR count). The van der Waals surface area contributed by atoms with Crippen molar-refractivity contribution in [2.45, 2.75) is 115 Å². The number of hydrogen-bond donors (Lipinski definition) is 5. The maximum absolute atomic E-state index is 14.7. The number of nitrogens with one attached hydrogen (secondary N) is 3. The van der Waals surface area contributed by atoms with Crippen LogP contribution >= 0.6 is 0 Å². The molecule has 10 heteroatoms. The molecule has 0 aliphatic heterocycles. The van der Waals surface area contributed by atoms with Crippen LogP contribution in [0.5, 0.6) is 0 Å². The van der Waals surface area contributed by atoms with E-state index in [1.54, 1.807) is 0 Å². The van der Waals surface area contributed by atoms with Crippen molar-refractivity contribution in [1.29, 1.82) is 0 Å². The van der Waals surface area contributed by atoms with Gasteiger partial charge in [0.2, 0.25) is 17.7 Å². The van der Waals surface area contributed by atoms with Crippen LogP contribution in [0.2, 0.25) is 0 Å². The molecular weight excluding hydrogens is 777 g/mol. The lowest BCUT2D eigenvalue weighted by molar-refractivity contribution is -0.150. The zero-order chi connectivity index (χ0) is 43.6. The predicted molar refractivity (Wildman–Crippen MR) is 240 cm³/mol. The summed E-state index contributed by atoms with van der Waals surface area (Å²) in [6, 6.07) is 27.0. The molecule has 5 aliphatic rings. The second kappa shape index (κ2) is 15.7. The fourth-order valence-corrected chi connectivity index (χ4v) is 13.2. The minimum atomic E-state index is -1.24. The normalized spacial score (nSPS) is 28.7. The Hall–Kier alpha value is -5.48. The highest BCUT2D eigenvalue weighted by Crippen LogP contribution is 2.60. The van der Waals surface area contributed by atoms with Gasteiger partial charge in [0.15, 0.2) is 0 Å². The van der Waals surface area contributed by atoms with Crippen molar-refractivity contribution >= 4 is 35.2 Å². The summed E-state index contributed by atoms with van der Waals surface area (Å²) in [7, 11) is 0. The van der Waals surface area contributed by atoms with E-state index in [0.29, 0.717) is 12.1 Å². The van der Waals surface area contributed by atoms with Gasteiger partial charge in [-0.25, -0.2) is 4.79 Å². The smallest absolute Gasteiger partial charge is 0.407 e. The van der Waals surface area contributed by atoms with Crippen LogP contribution in [0.3, 0.4) is 0 Å². The standard InChI is InChI=1S/C52H60N4O6/c1-49-23-9-25-51(3,43(49)21-17-31-15-19-33(53)27-40(31)49)46(59)56-47(60)52(4)26-10-24-50(2)41-28-34(20-16-32(41)18-22-44(50)52)54-45(58)42(29-57)55-48(61)62-30-39-37-13-7-5-11-35(37)36-12-6-8-14-38(36)39/h5-8,11-16,19-20,27-28,39,42-44,57H,9-10,17-18,21-26,29-30,53H2,1-4H3,(H,54,58)(H,55,61)(H,56,59,60)/t42-,43+,44+,49+,50+,51-,52-/m0/s1. The maximum Gasteiger partial charge on any atom is 0.407 e. The Balaban J connectivity index is 0.870. The number of alkyl carbamates (subject to hydrolysis) is 1. The number of hydrogen-bond acceptors (Lipinski definition) is 7. The summed E-state index contributed by atoms with van der Waals surface area (Å²) in [6.07, 6.45) is 7.55. The molecule has 7 atom stereocenters. The molecule has 4 aromatic carbocycles. The van der Waals surface area contributed by atoms with E-state index in [4.69, 9.17) is 10.5 Å². The SMILES string of the molecule is C[C@]1(C(=O)NC(=O)[C@@]2(C)CCC[C@]3(C)c4cc(NC(=O)[C@H](CO)NC(=O)OCC5c6ccccc6-c6ccccc65)ccc4CC[C@@H]23)CCC[C@]2(C)c3cc(N)ccc3CC[C@@H]12. The number of nitrogen functional groups attached to an aromatic ring is 1. The van der Waals surface area contributed by atoms with E-state index in [-0.39, 0.29) is 41.6 Å². The Kier molecular flexibility index (Phi) is 10.6. The molecule has 324 valence electrons. The average Bonchev–Trinajstić information content (AvgIpc) is 3.58. The van der Waals surface area contributed by atoms with Crippen molar-refractivity contribution < 1.29 is 29.0 Å². The zero-order valence-corrected chi connectivity index (χ0v) is 36.4. The van der Waals surface area contributed by atoms with Crippen LogP contribution in [0.4, 0.5) is 16.2 Å². The number of anilines is 2. The molecule has 4 amide bonds. The highest BCUT2D eigenvalue weighted by molar-refractivity contribution is 6.01. The number of carbonyl (C=O) groups excluding carboxylic acids is 4. The van der Waals surface area contributed by atoms with Crippen LogP contribution in [-0.4, -0.2) is 48.2 Å². The van der Waals surface area contributed by atoms with Gasteiger partial charge in [-0.15, -0.1) is 0 Å². The molecule has 62 heavy (non-hydrogen) atoms. The first kappa shape index (κ1) is 41.9. The second-order valence-corrected chi connectivity index (χ2v) is 19.8. The number of amides is 4. The number of aliphatic hydroxyl groups excluding tert-OH is 1. The minimum Gasteiger partial charge on any atom is -0.449 e. The first-order valence-corrected chi connectivity index (χ1v) is 22.6. The molecule has 0 spiro atoms. The van der Waals surface area contributed by atoms with Crippen LogP contribution in [0.15, 0.2) is 84.9 Å². The quantitative estimate of drug-likeness (QED) is 0.0880. The Morgan fingerprint density at radius 1 is 0.726 bits per heavy atom. The fourth-order valence-electron chi connectivity index (χ4n) is 13.2. The molecule has 0 bridgehead atoms. The number of benzene rings is 4. The van der Waals surface area contributed by atoms with Gasteiger partial charge < -0.3 is 26.2 Å². The maximum atomic E-state index is 14.7. The van der Waals surface area contributed by atoms with Crippen molar-refractivity contribution in [2.75, 3.05) is 24.3 Å². The molecule has 4 aromatic rings. The number of ether oxygens (including phenoxy) is 1. The van der Waals surface area contributed by atoms with Crippen molar-refractivity contribution in [3.8, 4) is 11.1 Å². The van der Waals surface area contributed by atoms with Crippen LogP contribution in [-0.2, 0) is 42.8 Å². The summed E-state index contributed by atoms with van der Waals surface area (Å²) < 4.78 is 5.67. The lowest BCUT2D eigenvalue weighted by Gasteiger charge is -2.56. The molecule has 0 heterocycles. The zero-order valence-electron chi connectivity index (χ0n) is 36.4. The summed E-state index contributed by atoms with van der Waals surface area (Å²) in [4.78, 5) is 55.9. The summed E-state index contributed by atoms with van der Waals surface area (Å²) >= 11 is 0. The van der Waals surface area contributed by atoms with Crippen molar-refractivity contribution in [1.82, 2.24) is 10.6 Å². The fraction of sp³-hybridized carbons (Fsp3) is 0.462. The number of imide groups is 1. The van der Waals surface area contributed by atoms with E-state index in [0.717, 1.165) is 91.3 Å². The lowest BCUT2D eigenvalue weighted by atomic mass is 9.49. The molecule has 0 aromatic heterocycles. The van der Waals surface area contributed by atoms with Gasteiger partial charge in [0.1, 0.15) is 12.6 Å². The minimum absolute atomic E-state index is 0.0376. The molecule has 0 unspecified atom stereocenters. The number of aliphatic hydroxyl groups is 1. The van der Waals surface area contributed by atoms with Crippen LogP contribution < -0.4 is 21.7 Å². The Labute approximate surface area is 364 Å². The van der Waals surface area contributed by atoms with Gasteiger partial charge in [0, 0.05) is 17.3 Å². The van der Waals surface area contributed by atoms with E-state index in [1.165, 1.54) is 16.7 Å². The summed E-state index contributed by atoms with van der Waals surface area (Å²) in [5.74, 6) is -1.01. The van der Waals surface area contributed by atoms with Gasteiger partial charge in [0.05, 0.1) is 17.4 Å². The van der Waals surface area contributed by atoms with Gasteiger partial charge in [-0.1, -0.05) is 101 Å². The largest absolute Gasteiger partial charge is 0.449 e. The van der Waals surface area contributed by atoms with Gasteiger partial charge in [0.25, 0.3) is 0 Å². The number of rotatable bonds is 8. The number of fused-ring (bicyclic) bond motifs is 9. The summed E-state index contributed by atoms with van der Waals surface area (Å²) in [6.45, 7) is 8.10. The van der Waals surface area contributed by atoms with E-state index in [9.17, 15) is 24.3 Å². The van der Waals surface area contributed by atoms with Gasteiger partial charge in [-0.2, -0.15) is 0 Å². The second-order valence-electron chi connectivity index (χ2n) is 19.8. The van der Waals surface area contributed by atoms with E-state index >= 15 is 0 Å². The average molecular weight is 837 g/mol. The highest BCUT2D eigenvalue weighted by Gasteiger charge is 2.58. The highest BCUT2D eigenvalue weighted by atomic mass is 16.5. The van der Waals surface area contributed by atoms with E-state index in [2.05, 4.69) is 61.0 Å². The van der Waals surface area contributed by atoms with Gasteiger partial charge >= 0.3 is 6.09 Å².